The van der Waals surface area contributed by atoms with Crippen LogP contribution in [0.2, 0.25) is 0 Å². The van der Waals surface area contributed by atoms with Crippen LogP contribution < -0.4 is 0 Å². The van der Waals surface area contributed by atoms with E-state index >= 15 is 0 Å². The highest BCUT2D eigenvalue weighted by Gasteiger charge is 2.37. The highest BCUT2D eigenvalue weighted by atomic mass is 32.2. The van der Waals surface area contributed by atoms with E-state index in [0.29, 0.717) is 0 Å². The summed E-state index contributed by atoms with van der Waals surface area (Å²) >= 11 is 1.20. The van der Waals surface area contributed by atoms with Gasteiger partial charge in [0.15, 0.2) is 9.84 Å². The molecule has 0 bridgehead atoms. The van der Waals surface area contributed by atoms with Gasteiger partial charge in [-0.25, -0.2) is 21.2 Å². The Morgan fingerprint density at radius 2 is 1.92 bits per heavy atom. The van der Waals surface area contributed by atoms with E-state index in [1.807, 2.05) is 6.92 Å². The van der Waals surface area contributed by atoms with Crippen molar-refractivity contribution in [1.29, 1.82) is 0 Å². The Labute approximate surface area is 157 Å². The first-order valence-electron chi connectivity index (χ1n) is 8.30. The number of sulfonamides is 1. The molecule has 1 aromatic carbocycles. The Balaban J connectivity index is 1.90. The molecule has 26 heavy (non-hydrogen) atoms. The van der Waals surface area contributed by atoms with E-state index < -0.39 is 30.9 Å². The number of halogens is 1. The number of hydrogen-bond donors (Lipinski definition) is 0. The van der Waals surface area contributed by atoms with Gasteiger partial charge in [0.1, 0.15) is 10.0 Å². The van der Waals surface area contributed by atoms with Crippen molar-refractivity contribution in [2.45, 2.75) is 29.2 Å². The normalized spacial score (nSPS) is 21.4. The molecule has 1 aliphatic rings. The van der Waals surface area contributed by atoms with Crippen LogP contribution in [0.15, 0.2) is 40.6 Å². The van der Waals surface area contributed by atoms with Gasteiger partial charge in [-0.1, -0.05) is 25.1 Å². The molecule has 5 nitrogen and oxygen atoms in total. The zero-order chi connectivity index (χ0) is 18.9. The molecule has 1 atom stereocenters. The Bertz CT molecular complexity index is 999. The van der Waals surface area contributed by atoms with Crippen molar-refractivity contribution in [2.75, 3.05) is 18.8 Å². The molecule has 3 rings (SSSR count). The average molecular weight is 418 g/mol. The van der Waals surface area contributed by atoms with Crippen LogP contribution in [-0.2, 0) is 26.3 Å². The maximum atomic E-state index is 14.1. The number of nitrogens with zero attached hydrogens (tertiary/aromatic N) is 1. The summed E-state index contributed by atoms with van der Waals surface area (Å²) in [6.45, 7) is 1.87. The average Bonchev–Trinajstić information content (AvgIpc) is 3.02. The van der Waals surface area contributed by atoms with Crippen LogP contribution in [0.4, 0.5) is 4.39 Å². The predicted octanol–water partition coefficient (Wildman–Crippen LogP) is 3.00. The monoisotopic (exact) mass is 417 g/mol. The van der Waals surface area contributed by atoms with E-state index in [9.17, 15) is 21.2 Å². The molecule has 1 saturated heterocycles. The van der Waals surface area contributed by atoms with E-state index in [2.05, 4.69) is 0 Å². The molecule has 0 amide bonds. The highest BCUT2D eigenvalue weighted by molar-refractivity contribution is 7.92. The topological polar surface area (TPSA) is 71.5 Å². The number of sulfone groups is 1. The summed E-state index contributed by atoms with van der Waals surface area (Å²) in [5, 5.41) is -1.03. The molecule has 0 spiro atoms. The van der Waals surface area contributed by atoms with E-state index in [0.717, 1.165) is 11.3 Å². The maximum Gasteiger partial charge on any atom is 0.252 e. The summed E-state index contributed by atoms with van der Waals surface area (Å²) in [5.41, 5.74) is 0.108. The van der Waals surface area contributed by atoms with E-state index in [4.69, 9.17) is 0 Å². The van der Waals surface area contributed by atoms with Crippen LogP contribution in [0.1, 0.15) is 29.0 Å². The number of hydrogen-bond acceptors (Lipinski definition) is 5. The lowest BCUT2D eigenvalue weighted by Gasteiger charge is -2.18. The third kappa shape index (κ3) is 3.71. The number of aryl methyl sites for hydroxylation is 1. The van der Waals surface area contributed by atoms with Gasteiger partial charge >= 0.3 is 0 Å². The van der Waals surface area contributed by atoms with Crippen molar-refractivity contribution < 1.29 is 21.2 Å². The lowest BCUT2D eigenvalue weighted by Crippen LogP contribution is -2.33. The SMILES string of the molecule is CCc1ccc(S(=O)(=O)N2CCC(c3ccccc3F)S(=O)(=O)CC2)s1. The lowest BCUT2D eigenvalue weighted by molar-refractivity contribution is 0.428. The Kier molecular flexibility index (Phi) is 5.53. The van der Waals surface area contributed by atoms with Crippen LogP contribution in [0, 0.1) is 5.82 Å². The van der Waals surface area contributed by atoms with Crippen LogP contribution in [0.3, 0.4) is 0 Å². The van der Waals surface area contributed by atoms with Crippen LogP contribution >= 0.6 is 11.3 Å². The molecule has 0 aliphatic carbocycles. The van der Waals surface area contributed by atoms with Crippen molar-refractivity contribution in [1.82, 2.24) is 4.31 Å². The third-order valence-electron chi connectivity index (χ3n) is 4.53. The summed E-state index contributed by atoms with van der Waals surface area (Å²) in [6, 6.07) is 9.10. The molecule has 1 unspecified atom stereocenters. The summed E-state index contributed by atoms with van der Waals surface area (Å²) in [5.74, 6) is -0.903. The van der Waals surface area contributed by atoms with Crippen molar-refractivity contribution >= 4 is 31.2 Å². The largest absolute Gasteiger partial charge is 0.252 e. The quantitative estimate of drug-likeness (QED) is 0.767. The van der Waals surface area contributed by atoms with E-state index in [1.165, 1.54) is 33.8 Å². The highest BCUT2D eigenvalue weighted by Crippen LogP contribution is 2.33. The van der Waals surface area contributed by atoms with Gasteiger partial charge in [-0.3, -0.25) is 0 Å². The zero-order valence-corrected chi connectivity index (χ0v) is 16.7. The van der Waals surface area contributed by atoms with E-state index in [-0.39, 0.29) is 35.0 Å². The summed E-state index contributed by atoms with van der Waals surface area (Å²) in [6.07, 6.45) is 0.776. The summed E-state index contributed by atoms with van der Waals surface area (Å²) in [4.78, 5) is 0.954. The minimum absolute atomic E-state index is 0.0362. The fourth-order valence-electron chi connectivity index (χ4n) is 3.06. The van der Waals surface area contributed by atoms with Gasteiger partial charge in [0.05, 0.1) is 11.0 Å². The Morgan fingerprint density at radius 3 is 2.58 bits per heavy atom. The molecular formula is C17H20FNO4S3. The third-order valence-corrected chi connectivity index (χ3v) is 10.2. The van der Waals surface area contributed by atoms with Gasteiger partial charge in [-0.15, -0.1) is 11.3 Å². The van der Waals surface area contributed by atoms with Crippen LogP contribution in [0.25, 0.3) is 0 Å². The fraction of sp³-hybridized carbons (Fsp3) is 0.412. The number of rotatable bonds is 4. The van der Waals surface area contributed by atoms with Gasteiger partial charge in [0.2, 0.25) is 0 Å². The molecule has 0 radical (unpaired) electrons. The maximum absolute atomic E-state index is 14.1. The first-order valence-corrected chi connectivity index (χ1v) is 12.3. The number of benzene rings is 1. The van der Waals surface area contributed by atoms with Gasteiger partial charge < -0.3 is 0 Å². The zero-order valence-electron chi connectivity index (χ0n) is 14.3. The van der Waals surface area contributed by atoms with Crippen LogP contribution in [-0.4, -0.2) is 40.0 Å². The molecule has 2 aromatic rings. The van der Waals surface area contributed by atoms with Crippen molar-refractivity contribution in [3.05, 3.63) is 52.7 Å². The Morgan fingerprint density at radius 1 is 1.19 bits per heavy atom. The predicted molar refractivity (Wildman–Crippen MR) is 100 cm³/mol. The molecule has 1 aliphatic heterocycles. The van der Waals surface area contributed by atoms with Gasteiger partial charge in [0.25, 0.3) is 10.0 Å². The molecule has 9 heteroatoms. The van der Waals surface area contributed by atoms with Crippen molar-refractivity contribution in [2.24, 2.45) is 0 Å². The lowest BCUT2D eigenvalue weighted by atomic mass is 10.1. The van der Waals surface area contributed by atoms with Gasteiger partial charge in [-0.2, -0.15) is 4.31 Å². The molecule has 0 N–H and O–H groups in total. The summed E-state index contributed by atoms with van der Waals surface area (Å²) in [7, 11) is -7.40. The van der Waals surface area contributed by atoms with E-state index in [1.54, 1.807) is 18.2 Å². The minimum Gasteiger partial charge on any atom is -0.228 e. The second-order valence-corrected chi connectivity index (χ2v) is 11.8. The molecular weight excluding hydrogens is 397 g/mol. The van der Waals surface area contributed by atoms with Gasteiger partial charge in [0, 0.05) is 23.5 Å². The molecule has 142 valence electrons. The van der Waals surface area contributed by atoms with Crippen molar-refractivity contribution in [3.63, 3.8) is 0 Å². The molecule has 0 saturated carbocycles. The first-order chi connectivity index (χ1) is 12.3. The van der Waals surface area contributed by atoms with Crippen molar-refractivity contribution in [3.8, 4) is 0 Å². The fourth-order valence-corrected chi connectivity index (χ4v) is 7.89. The second-order valence-electron chi connectivity index (χ2n) is 6.14. The molecule has 2 heterocycles. The van der Waals surface area contributed by atoms with Crippen LogP contribution in [0.5, 0.6) is 0 Å². The second kappa shape index (κ2) is 7.38. The minimum atomic E-state index is -3.75. The smallest absolute Gasteiger partial charge is 0.228 e. The molecule has 1 aromatic heterocycles. The van der Waals surface area contributed by atoms with Gasteiger partial charge in [-0.05, 0) is 31.0 Å². The standard InChI is InChI=1S/C17H20FNO4S3/c1-2-13-7-8-17(24-13)26(22,23)19-10-9-16(25(20,21)12-11-19)14-5-3-4-6-15(14)18/h3-8,16H,2,9-12H2,1H3. The summed E-state index contributed by atoms with van der Waals surface area (Å²) < 4.78 is 66.5. The molecule has 1 fully saturated rings. The first kappa shape index (κ1) is 19.5. The number of thiophene rings is 1. The Hall–Kier alpha value is -1.29.